The summed E-state index contributed by atoms with van der Waals surface area (Å²) in [6.45, 7) is 2.58. The molecule has 0 atom stereocenters. The second kappa shape index (κ2) is 5.54. The highest BCUT2D eigenvalue weighted by Gasteiger charge is 2.19. The summed E-state index contributed by atoms with van der Waals surface area (Å²) < 4.78 is 5.15. The lowest BCUT2D eigenvalue weighted by atomic mass is 10.1. The Labute approximate surface area is 95.2 Å². The van der Waals surface area contributed by atoms with Gasteiger partial charge in [-0.25, -0.2) is 0 Å². The van der Waals surface area contributed by atoms with Gasteiger partial charge in [0.2, 0.25) is 0 Å². The average molecular weight is 223 g/mol. The molecule has 0 unspecified atom stereocenters. The second-order valence-corrected chi connectivity index (χ2v) is 5.19. The summed E-state index contributed by atoms with van der Waals surface area (Å²) in [5.74, 6) is 0. The van der Waals surface area contributed by atoms with Crippen LogP contribution in [-0.4, -0.2) is 25.0 Å². The van der Waals surface area contributed by atoms with Crippen molar-refractivity contribution >= 4 is 11.8 Å². The van der Waals surface area contributed by atoms with Gasteiger partial charge < -0.3 is 10.5 Å². The molecule has 2 N–H and O–H groups in total. The van der Waals surface area contributed by atoms with Gasteiger partial charge in [-0.15, -0.1) is 11.8 Å². The third-order valence-corrected chi connectivity index (χ3v) is 3.65. The Balaban J connectivity index is 1.85. The number of hydrogen-bond acceptors (Lipinski definition) is 3. The predicted octanol–water partition coefficient (Wildman–Crippen LogP) is 2.07. The van der Waals surface area contributed by atoms with Crippen molar-refractivity contribution in [1.82, 2.24) is 0 Å². The van der Waals surface area contributed by atoms with E-state index < -0.39 is 0 Å². The molecular formula is C12H17NOS. The molecule has 0 aromatic heterocycles. The highest BCUT2D eigenvalue weighted by Crippen LogP contribution is 2.28. The molecule has 15 heavy (non-hydrogen) atoms. The van der Waals surface area contributed by atoms with E-state index in [2.05, 4.69) is 24.3 Å². The second-order valence-electron chi connectivity index (χ2n) is 3.81. The molecule has 0 spiro atoms. The van der Waals surface area contributed by atoms with Crippen molar-refractivity contribution in [3.05, 3.63) is 29.8 Å². The van der Waals surface area contributed by atoms with Gasteiger partial charge in [0.15, 0.2) is 0 Å². The molecule has 2 nitrogen and oxygen atoms in total. The fourth-order valence-corrected chi connectivity index (χ4v) is 2.52. The van der Waals surface area contributed by atoms with E-state index in [1.54, 1.807) is 0 Å². The van der Waals surface area contributed by atoms with Crippen molar-refractivity contribution in [2.75, 3.05) is 19.8 Å². The molecule has 2 rings (SSSR count). The van der Waals surface area contributed by atoms with Gasteiger partial charge in [-0.2, -0.15) is 0 Å². The molecule has 0 amide bonds. The van der Waals surface area contributed by atoms with Crippen molar-refractivity contribution in [3.63, 3.8) is 0 Å². The number of benzene rings is 1. The van der Waals surface area contributed by atoms with E-state index in [9.17, 15) is 0 Å². The standard InChI is InChI=1S/C12H17NOS/c13-7-1-2-10-3-5-11(6-4-10)15-12-8-14-9-12/h3-6,12H,1-2,7-9,13H2. The third-order valence-electron chi connectivity index (χ3n) is 2.50. The highest BCUT2D eigenvalue weighted by atomic mass is 32.2. The molecular weight excluding hydrogens is 206 g/mol. The molecule has 1 heterocycles. The van der Waals surface area contributed by atoms with Crippen LogP contribution in [0.5, 0.6) is 0 Å². The van der Waals surface area contributed by atoms with E-state index in [-0.39, 0.29) is 0 Å². The Morgan fingerprint density at radius 1 is 1.27 bits per heavy atom. The van der Waals surface area contributed by atoms with Crippen LogP contribution < -0.4 is 5.73 Å². The molecule has 3 heteroatoms. The Morgan fingerprint density at radius 3 is 2.53 bits per heavy atom. The maximum absolute atomic E-state index is 5.48. The number of rotatable bonds is 5. The molecule has 1 fully saturated rings. The molecule has 1 aliphatic heterocycles. The van der Waals surface area contributed by atoms with E-state index in [4.69, 9.17) is 10.5 Å². The zero-order valence-electron chi connectivity index (χ0n) is 8.82. The first kappa shape index (κ1) is 11.0. The summed E-state index contributed by atoms with van der Waals surface area (Å²) >= 11 is 1.91. The van der Waals surface area contributed by atoms with E-state index in [1.165, 1.54) is 10.5 Å². The average Bonchev–Trinajstić information content (AvgIpc) is 2.22. The Hall–Kier alpha value is -0.510. The van der Waals surface area contributed by atoms with E-state index >= 15 is 0 Å². The lowest BCUT2D eigenvalue weighted by Gasteiger charge is -2.25. The summed E-state index contributed by atoms with van der Waals surface area (Å²) in [5, 5.41) is 0.667. The first-order valence-corrected chi connectivity index (χ1v) is 6.30. The van der Waals surface area contributed by atoms with Gasteiger partial charge in [-0.05, 0) is 37.1 Å². The fourth-order valence-electron chi connectivity index (χ4n) is 1.52. The smallest absolute Gasteiger partial charge is 0.0611 e. The molecule has 1 saturated heterocycles. The summed E-state index contributed by atoms with van der Waals surface area (Å²) in [4.78, 5) is 1.35. The lowest BCUT2D eigenvalue weighted by molar-refractivity contribution is 0.0455. The van der Waals surface area contributed by atoms with Crippen LogP contribution in [0.15, 0.2) is 29.2 Å². The van der Waals surface area contributed by atoms with E-state index in [0.29, 0.717) is 5.25 Å². The number of ether oxygens (including phenoxy) is 1. The largest absolute Gasteiger partial charge is 0.379 e. The van der Waals surface area contributed by atoms with Crippen LogP contribution in [-0.2, 0) is 11.2 Å². The fraction of sp³-hybridized carbons (Fsp3) is 0.500. The minimum Gasteiger partial charge on any atom is -0.379 e. The predicted molar refractivity (Wildman–Crippen MR) is 64.3 cm³/mol. The van der Waals surface area contributed by atoms with Gasteiger partial charge in [0.05, 0.1) is 18.5 Å². The quantitative estimate of drug-likeness (QED) is 0.830. The summed E-state index contributed by atoms with van der Waals surface area (Å²) in [7, 11) is 0. The first-order chi connectivity index (χ1) is 7.38. The van der Waals surface area contributed by atoms with Crippen LogP contribution >= 0.6 is 11.8 Å². The number of thioether (sulfide) groups is 1. The third kappa shape index (κ3) is 3.23. The molecule has 82 valence electrons. The van der Waals surface area contributed by atoms with Gasteiger partial charge in [-0.1, -0.05) is 12.1 Å². The van der Waals surface area contributed by atoms with E-state index in [0.717, 1.165) is 32.6 Å². The zero-order valence-corrected chi connectivity index (χ0v) is 9.63. The minimum absolute atomic E-state index is 0.667. The van der Waals surface area contributed by atoms with Crippen molar-refractivity contribution in [2.24, 2.45) is 5.73 Å². The van der Waals surface area contributed by atoms with Crippen LogP contribution in [0.4, 0.5) is 0 Å². The van der Waals surface area contributed by atoms with Crippen molar-refractivity contribution < 1.29 is 4.74 Å². The molecule has 0 radical (unpaired) electrons. The maximum atomic E-state index is 5.48. The Kier molecular flexibility index (Phi) is 4.06. The van der Waals surface area contributed by atoms with Gasteiger partial charge in [0, 0.05) is 4.90 Å². The minimum atomic E-state index is 0.667. The molecule has 0 bridgehead atoms. The molecule has 1 aromatic carbocycles. The normalized spacial score (nSPS) is 16.3. The first-order valence-electron chi connectivity index (χ1n) is 5.42. The Morgan fingerprint density at radius 2 is 2.00 bits per heavy atom. The zero-order chi connectivity index (χ0) is 10.5. The van der Waals surface area contributed by atoms with Crippen molar-refractivity contribution in [3.8, 4) is 0 Å². The Bertz CT molecular complexity index is 295. The van der Waals surface area contributed by atoms with Crippen LogP contribution in [0.2, 0.25) is 0 Å². The topological polar surface area (TPSA) is 35.2 Å². The van der Waals surface area contributed by atoms with Crippen molar-refractivity contribution in [1.29, 1.82) is 0 Å². The SMILES string of the molecule is NCCCc1ccc(SC2COC2)cc1. The number of hydrogen-bond donors (Lipinski definition) is 1. The summed E-state index contributed by atoms with van der Waals surface area (Å²) in [5.41, 5.74) is 6.86. The van der Waals surface area contributed by atoms with Gasteiger partial charge in [0.1, 0.15) is 0 Å². The van der Waals surface area contributed by atoms with Crippen molar-refractivity contribution in [2.45, 2.75) is 23.0 Å². The maximum Gasteiger partial charge on any atom is 0.0611 e. The van der Waals surface area contributed by atoms with Crippen LogP contribution in [0.3, 0.4) is 0 Å². The lowest BCUT2D eigenvalue weighted by Crippen LogP contribution is -2.29. The van der Waals surface area contributed by atoms with Gasteiger partial charge in [0.25, 0.3) is 0 Å². The van der Waals surface area contributed by atoms with E-state index in [1.807, 2.05) is 11.8 Å². The molecule has 0 saturated carbocycles. The summed E-state index contributed by atoms with van der Waals surface area (Å²) in [6, 6.07) is 8.82. The van der Waals surface area contributed by atoms with Crippen LogP contribution in [0.1, 0.15) is 12.0 Å². The summed E-state index contributed by atoms with van der Waals surface area (Å²) in [6.07, 6.45) is 2.16. The van der Waals surface area contributed by atoms with Crippen LogP contribution in [0.25, 0.3) is 0 Å². The number of nitrogens with two attached hydrogens (primary N) is 1. The molecule has 1 aromatic rings. The van der Waals surface area contributed by atoms with Crippen LogP contribution in [0, 0.1) is 0 Å². The molecule has 0 aliphatic carbocycles. The number of aryl methyl sites for hydroxylation is 1. The molecule has 1 aliphatic rings. The van der Waals surface area contributed by atoms with Gasteiger partial charge >= 0.3 is 0 Å². The highest BCUT2D eigenvalue weighted by molar-refractivity contribution is 8.00. The monoisotopic (exact) mass is 223 g/mol. The van der Waals surface area contributed by atoms with Gasteiger partial charge in [-0.3, -0.25) is 0 Å².